The Bertz CT molecular complexity index is 995. The van der Waals surface area contributed by atoms with Gasteiger partial charge in [-0.2, -0.15) is 4.98 Å². The van der Waals surface area contributed by atoms with Crippen LogP contribution in [-0.2, 0) is 0 Å². The van der Waals surface area contributed by atoms with Crippen molar-refractivity contribution in [3.63, 3.8) is 0 Å². The minimum atomic E-state index is 0.492. The molecule has 2 heterocycles. The van der Waals surface area contributed by atoms with Gasteiger partial charge in [0.25, 0.3) is 5.71 Å². The van der Waals surface area contributed by atoms with Crippen LogP contribution in [0.1, 0.15) is 0 Å². The summed E-state index contributed by atoms with van der Waals surface area (Å²) in [4.78, 5) is 4.43. The summed E-state index contributed by atoms with van der Waals surface area (Å²) in [6, 6.07) is 15.2. The van der Waals surface area contributed by atoms with Gasteiger partial charge >= 0.3 is 0 Å². The molecular formula is C17H12ClN3O2S. The summed E-state index contributed by atoms with van der Waals surface area (Å²) >= 11 is 7.73. The summed E-state index contributed by atoms with van der Waals surface area (Å²) in [5, 5.41) is 8.71. The number of anilines is 2. The summed E-state index contributed by atoms with van der Waals surface area (Å²) < 4.78 is 11.4. The zero-order valence-corrected chi connectivity index (χ0v) is 14.2. The Hall–Kier alpha value is -2.57. The van der Waals surface area contributed by atoms with Crippen molar-refractivity contribution >= 4 is 44.2 Å². The van der Waals surface area contributed by atoms with E-state index in [1.807, 2.05) is 48.5 Å². The van der Waals surface area contributed by atoms with Crippen molar-refractivity contribution in [2.45, 2.75) is 0 Å². The fourth-order valence-corrected chi connectivity index (χ4v) is 3.45. The molecule has 4 aromatic rings. The van der Waals surface area contributed by atoms with Crippen LogP contribution in [0, 0.1) is 0 Å². The monoisotopic (exact) mass is 357 g/mol. The Kier molecular flexibility index (Phi) is 3.84. The predicted octanol–water partition coefficient (Wildman–Crippen LogP) is 5.36. The molecule has 24 heavy (non-hydrogen) atoms. The summed E-state index contributed by atoms with van der Waals surface area (Å²) in [6.45, 7) is 0. The molecule has 7 heteroatoms. The van der Waals surface area contributed by atoms with Gasteiger partial charge in [0.1, 0.15) is 16.1 Å². The third-order valence-corrected chi connectivity index (χ3v) is 4.79. The molecule has 2 aromatic carbocycles. The molecular weight excluding hydrogens is 346 g/mol. The number of fused-ring (bicyclic) bond motifs is 1. The van der Waals surface area contributed by atoms with Crippen LogP contribution in [0.15, 0.2) is 53.1 Å². The van der Waals surface area contributed by atoms with Crippen molar-refractivity contribution in [2.75, 3.05) is 12.4 Å². The smallest absolute Gasteiger partial charge is 0.271 e. The van der Waals surface area contributed by atoms with E-state index in [0.717, 1.165) is 26.8 Å². The number of nitrogens with zero attached hydrogens (tertiary/aromatic N) is 2. The number of methoxy groups -OCH3 is 1. The Morgan fingerprint density at radius 2 is 1.92 bits per heavy atom. The zero-order valence-electron chi connectivity index (χ0n) is 12.6. The van der Waals surface area contributed by atoms with Crippen LogP contribution in [0.3, 0.4) is 0 Å². The normalized spacial score (nSPS) is 10.9. The minimum Gasteiger partial charge on any atom is -0.497 e. The van der Waals surface area contributed by atoms with Crippen LogP contribution in [-0.4, -0.2) is 17.3 Å². The molecule has 0 amide bonds. The van der Waals surface area contributed by atoms with Gasteiger partial charge in [0, 0.05) is 11.3 Å². The van der Waals surface area contributed by atoms with Gasteiger partial charge in [0.05, 0.1) is 12.1 Å². The topological polar surface area (TPSA) is 60.2 Å². The maximum absolute atomic E-state index is 6.26. The van der Waals surface area contributed by atoms with Crippen molar-refractivity contribution in [1.82, 2.24) is 10.1 Å². The second-order valence-corrected chi connectivity index (χ2v) is 6.42. The molecule has 4 rings (SSSR count). The quantitative estimate of drug-likeness (QED) is 0.533. The molecule has 0 aliphatic rings. The van der Waals surface area contributed by atoms with E-state index < -0.39 is 0 Å². The second kappa shape index (κ2) is 6.14. The molecule has 0 spiro atoms. The number of benzene rings is 2. The molecule has 2 aromatic heterocycles. The number of ether oxygens (including phenoxy) is 1. The van der Waals surface area contributed by atoms with E-state index in [2.05, 4.69) is 15.5 Å². The predicted molar refractivity (Wildman–Crippen MR) is 96.4 cm³/mol. The number of nitrogens with one attached hydrogen (secondary N) is 1. The van der Waals surface area contributed by atoms with E-state index in [1.54, 1.807) is 7.11 Å². The lowest BCUT2D eigenvalue weighted by atomic mass is 10.1. The van der Waals surface area contributed by atoms with E-state index in [1.165, 1.54) is 11.3 Å². The average Bonchev–Trinajstić information content (AvgIpc) is 3.16. The Balaban J connectivity index is 1.68. The summed E-state index contributed by atoms with van der Waals surface area (Å²) in [5.41, 5.74) is 2.94. The summed E-state index contributed by atoms with van der Waals surface area (Å²) in [5.74, 6) is 0.804. The summed E-state index contributed by atoms with van der Waals surface area (Å²) in [7, 11) is 1.64. The molecule has 0 aliphatic carbocycles. The van der Waals surface area contributed by atoms with E-state index in [-0.39, 0.29) is 0 Å². The number of halogens is 1. The van der Waals surface area contributed by atoms with E-state index in [4.69, 9.17) is 20.9 Å². The minimum absolute atomic E-state index is 0.492. The fourth-order valence-electron chi connectivity index (χ4n) is 2.32. The highest BCUT2D eigenvalue weighted by molar-refractivity contribution is 7.22. The number of aromatic nitrogens is 2. The first kappa shape index (κ1) is 15.0. The Labute approximate surface area is 146 Å². The largest absolute Gasteiger partial charge is 0.497 e. The molecule has 120 valence electrons. The molecule has 0 aliphatic heterocycles. The van der Waals surface area contributed by atoms with Crippen molar-refractivity contribution < 1.29 is 9.26 Å². The molecule has 1 N–H and O–H groups in total. The van der Waals surface area contributed by atoms with Crippen LogP contribution in [0.25, 0.3) is 21.7 Å². The van der Waals surface area contributed by atoms with Crippen molar-refractivity contribution in [2.24, 2.45) is 0 Å². The fraction of sp³-hybridized carbons (Fsp3) is 0.0588. The van der Waals surface area contributed by atoms with Crippen LogP contribution in [0.4, 0.5) is 10.8 Å². The number of rotatable bonds is 4. The van der Waals surface area contributed by atoms with E-state index >= 15 is 0 Å². The molecule has 0 unspecified atom stereocenters. The Morgan fingerprint density at radius 3 is 2.67 bits per heavy atom. The molecule has 0 fully saturated rings. The van der Waals surface area contributed by atoms with Gasteiger partial charge in [-0.25, -0.2) is 0 Å². The number of hydrogen-bond acceptors (Lipinski definition) is 6. The first-order valence-corrected chi connectivity index (χ1v) is 8.36. The first-order valence-electron chi connectivity index (χ1n) is 7.17. The summed E-state index contributed by atoms with van der Waals surface area (Å²) in [6.07, 6.45) is 0. The average molecular weight is 358 g/mol. The van der Waals surface area contributed by atoms with E-state index in [9.17, 15) is 0 Å². The third-order valence-electron chi connectivity index (χ3n) is 3.50. The van der Waals surface area contributed by atoms with Crippen molar-refractivity contribution in [1.29, 1.82) is 0 Å². The van der Waals surface area contributed by atoms with Gasteiger partial charge in [-0.1, -0.05) is 46.3 Å². The molecule has 0 saturated carbocycles. The number of thiazole rings is 1. The van der Waals surface area contributed by atoms with Crippen LogP contribution in [0.2, 0.25) is 5.02 Å². The highest BCUT2D eigenvalue weighted by Gasteiger charge is 2.17. The zero-order chi connectivity index (χ0) is 16.5. The van der Waals surface area contributed by atoms with Crippen LogP contribution in [0.5, 0.6) is 5.75 Å². The molecule has 5 nitrogen and oxygen atoms in total. The molecule has 0 atom stereocenters. The standard InChI is InChI=1S/C17H12ClN3O2S/c1-22-11-8-6-10(7-9-11)19-17-20-16-15(24-17)14(21-23-16)12-4-2-3-5-13(12)18/h2-9H,1H3,(H,19,20). The molecule has 0 bridgehead atoms. The van der Waals surface area contributed by atoms with Gasteiger partial charge < -0.3 is 14.6 Å². The van der Waals surface area contributed by atoms with Gasteiger partial charge in [0.2, 0.25) is 0 Å². The maximum Gasteiger partial charge on any atom is 0.271 e. The lowest BCUT2D eigenvalue weighted by molar-refractivity contribution is 0.415. The highest BCUT2D eigenvalue weighted by atomic mass is 35.5. The highest BCUT2D eigenvalue weighted by Crippen LogP contribution is 2.38. The van der Waals surface area contributed by atoms with Crippen LogP contribution < -0.4 is 10.1 Å². The van der Waals surface area contributed by atoms with Gasteiger partial charge in [-0.05, 0) is 30.3 Å². The van der Waals surface area contributed by atoms with Gasteiger partial charge in [-0.3, -0.25) is 0 Å². The lowest BCUT2D eigenvalue weighted by Crippen LogP contribution is -1.89. The second-order valence-electron chi connectivity index (χ2n) is 5.02. The maximum atomic E-state index is 6.26. The third kappa shape index (κ3) is 2.70. The van der Waals surface area contributed by atoms with Crippen LogP contribution >= 0.6 is 22.9 Å². The lowest BCUT2D eigenvalue weighted by Gasteiger charge is -2.03. The van der Waals surface area contributed by atoms with Crippen molar-refractivity contribution in [3.05, 3.63) is 53.6 Å². The first-order chi connectivity index (χ1) is 11.7. The Morgan fingerprint density at radius 1 is 1.12 bits per heavy atom. The van der Waals surface area contributed by atoms with Crippen molar-refractivity contribution in [3.8, 4) is 17.0 Å². The van der Waals surface area contributed by atoms with Gasteiger partial charge in [-0.15, -0.1) is 0 Å². The molecule has 0 radical (unpaired) electrons. The van der Waals surface area contributed by atoms with E-state index in [0.29, 0.717) is 16.4 Å². The SMILES string of the molecule is COc1ccc(Nc2nc3onc(-c4ccccc4Cl)c3s2)cc1. The van der Waals surface area contributed by atoms with Gasteiger partial charge in [0.15, 0.2) is 5.13 Å². The molecule has 0 saturated heterocycles. The number of hydrogen-bond donors (Lipinski definition) is 1.